The lowest BCUT2D eigenvalue weighted by atomic mass is 10.4. The van der Waals surface area contributed by atoms with E-state index in [0.717, 1.165) is 4.47 Å². The highest BCUT2D eigenvalue weighted by Crippen LogP contribution is 2.12. The number of rotatable bonds is 0. The molecule has 0 radical (unpaired) electrons. The molecule has 2 aromatic heterocycles. The molecule has 2 heterocycles. The van der Waals surface area contributed by atoms with Gasteiger partial charge in [0.15, 0.2) is 0 Å². The maximum atomic E-state index is 3.40. The Kier molecular flexibility index (Phi) is 1.27. The van der Waals surface area contributed by atoms with E-state index in [1.54, 1.807) is 0 Å². The maximum Gasteiger partial charge on any atom is 0.0461 e. The van der Waals surface area contributed by atoms with Gasteiger partial charge in [0, 0.05) is 22.4 Å². The molecule has 2 rings (SSSR count). The summed E-state index contributed by atoms with van der Waals surface area (Å²) < 4.78 is 3.20. The van der Waals surface area contributed by atoms with Gasteiger partial charge in [-0.15, -0.1) is 0 Å². The molecule has 0 bridgehead atoms. The van der Waals surface area contributed by atoms with Crippen molar-refractivity contribution in [2.75, 3.05) is 0 Å². The van der Waals surface area contributed by atoms with E-state index < -0.39 is 0 Å². The van der Waals surface area contributed by atoms with Gasteiger partial charge < -0.3 is 4.40 Å². The first kappa shape index (κ1) is 5.98. The summed E-state index contributed by atoms with van der Waals surface area (Å²) >= 11 is 3.40. The molecule has 0 amide bonds. The lowest BCUT2D eigenvalue weighted by Crippen LogP contribution is -1.77. The van der Waals surface area contributed by atoms with Gasteiger partial charge in [-0.3, -0.25) is 0 Å². The molecule has 0 spiro atoms. The molecule has 0 aliphatic carbocycles. The third kappa shape index (κ3) is 0.847. The number of halogens is 1. The minimum absolute atomic E-state index is 1.12. The van der Waals surface area contributed by atoms with Crippen LogP contribution in [0.2, 0.25) is 0 Å². The molecule has 0 atom stereocenters. The molecule has 0 saturated carbocycles. The van der Waals surface area contributed by atoms with Crippen LogP contribution >= 0.6 is 15.9 Å². The second kappa shape index (κ2) is 2.13. The Morgan fingerprint density at radius 3 is 3.00 bits per heavy atom. The van der Waals surface area contributed by atoms with Crippen molar-refractivity contribution in [2.45, 2.75) is 0 Å². The van der Waals surface area contributed by atoms with E-state index in [1.807, 2.05) is 24.5 Å². The zero-order valence-electron chi connectivity index (χ0n) is 5.29. The number of fused-ring (bicyclic) bond motifs is 1. The number of hydrogen-bond donors (Lipinski definition) is 0. The van der Waals surface area contributed by atoms with Crippen molar-refractivity contribution in [1.29, 1.82) is 0 Å². The average molecular weight is 196 g/mol. The van der Waals surface area contributed by atoms with Crippen molar-refractivity contribution >= 4 is 21.4 Å². The largest absolute Gasteiger partial charge is 0.324 e. The minimum Gasteiger partial charge on any atom is -0.324 e. The van der Waals surface area contributed by atoms with Crippen molar-refractivity contribution in [1.82, 2.24) is 4.40 Å². The van der Waals surface area contributed by atoms with E-state index in [2.05, 4.69) is 32.5 Å². The molecule has 2 aromatic rings. The highest BCUT2D eigenvalue weighted by Gasteiger charge is 1.89. The molecule has 0 aliphatic heterocycles. The fourth-order valence-corrected chi connectivity index (χ4v) is 1.36. The predicted octanol–water partition coefficient (Wildman–Crippen LogP) is 2.70. The summed E-state index contributed by atoms with van der Waals surface area (Å²) in [6, 6.07) is 8.21. The van der Waals surface area contributed by atoms with E-state index in [1.165, 1.54) is 5.52 Å². The van der Waals surface area contributed by atoms with E-state index >= 15 is 0 Å². The van der Waals surface area contributed by atoms with Crippen LogP contribution in [0.4, 0.5) is 0 Å². The Morgan fingerprint density at radius 2 is 2.10 bits per heavy atom. The number of nitrogens with zero attached hydrogens (tertiary/aromatic N) is 1. The Bertz CT molecular complexity index is 351. The van der Waals surface area contributed by atoms with Crippen LogP contribution in [0.5, 0.6) is 0 Å². The summed E-state index contributed by atoms with van der Waals surface area (Å²) in [7, 11) is 0. The highest BCUT2D eigenvalue weighted by atomic mass is 79.9. The maximum absolute atomic E-state index is 3.40. The summed E-state index contributed by atoms with van der Waals surface area (Å²) in [5, 5.41) is 0. The molecule has 0 saturated heterocycles. The van der Waals surface area contributed by atoms with E-state index in [9.17, 15) is 0 Å². The molecule has 0 aliphatic rings. The molecule has 1 nitrogen and oxygen atoms in total. The van der Waals surface area contributed by atoms with Crippen molar-refractivity contribution < 1.29 is 0 Å². The second-order valence-corrected chi connectivity index (χ2v) is 3.10. The van der Waals surface area contributed by atoms with Crippen LogP contribution in [0.1, 0.15) is 0 Å². The molecule has 10 heavy (non-hydrogen) atoms. The van der Waals surface area contributed by atoms with Crippen molar-refractivity contribution in [3.8, 4) is 0 Å². The fourth-order valence-electron chi connectivity index (χ4n) is 1.01. The van der Waals surface area contributed by atoms with Gasteiger partial charge >= 0.3 is 0 Å². The van der Waals surface area contributed by atoms with Crippen LogP contribution in [0.15, 0.2) is 41.1 Å². The molecule has 50 valence electrons. The smallest absolute Gasteiger partial charge is 0.0461 e. The Hall–Kier alpha value is -0.760. The van der Waals surface area contributed by atoms with Crippen molar-refractivity contribution in [3.05, 3.63) is 41.1 Å². The van der Waals surface area contributed by atoms with Crippen LogP contribution in [0.25, 0.3) is 5.52 Å². The molecule has 0 N–H and O–H groups in total. The van der Waals surface area contributed by atoms with Crippen LogP contribution in [-0.4, -0.2) is 4.40 Å². The normalized spacial score (nSPS) is 10.5. The fraction of sp³-hybridized carbons (Fsp3) is 0. The van der Waals surface area contributed by atoms with Gasteiger partial charge in [0.25, 0.3) is 0 Å². The minimum atomic E-state index is 1.12. The summed E-state index contributed by atoms with van der Waals surface area (Å²) in [4.78, 5) is 0. The van der Waals surface area contributed by atoms with Gasteiger partial charge in [-0.2, -0.15) is 0 Å². The van der Waals surface area contributed by atoms with Gasteiger partial charge in [0.05, 0.1) is 0 Å². The number of pyridine rings is 1. The van der Waals surface area contributed by atoms with Crippen LogP contribution in [0, 0.1) is 0 Å². The lowest BCUT2D eigenvalue weighted by Gasteiger charge is -1.92. The summed E-state index contributed by atoms with van der Waals surface area (Å²) in [6.07, 6.45) is 4.06. The standard InChI is InChI=1S/C8H6BrN/c9-7-3-5-10-4-1-2-8(10)6-7/h1-6H. The number of aromatic nitrogens is 1. The molecule has 0 fully saturated rings. The van der Waals surface area contributed by atoms with E-state index in [-0.39, 0.29) is 0 Å². The first-order valence-corrected chi connectivity index (χ1v) is 3.88. The zero-order chi connectivity index (χ0) is 6.97. The third-order valence-electron chi connectivity index (χ3n) is 1.49. The van der Waals surface area contributed by atoms with Crippen molar-refractivity contribution in [3.63, 3.8) is 0 Å². The van der Waals surface area contributed by atoms with Crippen LogP contribution < -0.4 is 0 Å². The summed E-state index contributed by atoms with van der Waals surface area (Å²) in [5.41, 5.74) is 1.22. The Morgan fingerprint density at radius 1 is 1.20 bits per heavy atom. The summed E-state index contributed by atoms with van der Waals surface area (Å²) in [6.45, 7) is 0. The van der Waals surface area contributed by atoms with Gasteiger partial charge in [-0.1, -0.05) is 15.9 Å². The SMILES string of the molecule is Brc1ccn2cccc2c1. The monoisotopic (exact) mass is 195 g/mol. The Labute approximate surface area is 67.4 Å². The Balaban J connectivity index is 2.86. The van der Waals surface area contributed by atoms with Crippen LogP contribution in [0.3, 0.4) is 0 Å². The second-order valence-electron chi connectivity index (χ2n) is 2.19. The quantitative estimate of drug-likeness (QED) is 0.610. The van der Waals surface area contributed by atoms with Gasteiger partial charge in [0.1, 0.15) is 0 Å². The first-order valence-electron chi connectivity index (χ1n) is 3.08. The van der Waals surface area contributed by atoms with Gasteiger partial charge in [-0.25, -0.2) is 0 Å². The van der Waals surface area contributed by atoms with Crippen LogP contribution in [-0.2, 0) is 0 Å². The summed E-state index contributed by atoms with van der Waals surface area (Å²) in [5.74, 6) is 0. The first-order chi connectivity index (χ1) is 4.86. The average Bonchev–Trinajstić information content (AvgIpc) is 2.33. The molecular weight excluding hydrogens is 190 g/mol. The lowest BCUT2D eigenvalue weighted by molar-refractivity contribution is 1.19. The number of hydrogen-bond acceptors (Lipinski definition) is 0. The topological polar surface area (TPSA) is 4.41 Å². The third-order valence-corrected chi connectivity index (χ3v) is 1.99. The van der Waals surface area contributed by atoms with Gasteiger partial charge in [0.2, 0.25) is 0 Å². The molecule has 0 aromatic carbocycles. The van der Waals surface area contributed by atoms with Crippen molar-refractivity contribution in [2.24, 2.45) is 0 Å². The predicted molar refractivity (Wildman–Crippen MR) is 45.1 cm³/mol. The molecular formula is C8H6BrN. The van der Waals surface area contributed by atoms with Gasteiger partial charge in [-0.05, 0) is 24.3 Å². The van der Waals surface area contributed by atoms with E-state index in [0.29, 0.717) is 0 Å². The van der Waals surface area contributed by atoms with E-state index in [4.69, 9.17) is 0 Å². The molecule has 0 unspecified atom stereocenters. The highest BCUT2D eigenvalue weighted by molar-refractivity contribution is 9.10. The zero-order valence-corrected chi connectivity index (χ0v) is 6.88. The molecule has 2 heteroatoms.